The molecular weight excluding hydrogens is 573 g/mol. The first-order valence-electron chi connectivity index (χ1n) is 13.9. The fourth-order valence-electron chi connectivity index (χ4n) is 4.46. The van der Waals surface area contributed by atoms with Crippen LogP contribution in [0.2, 0.25) is 0 Å². The van der Waals surface area contributed by atoms with Gasteiger partial charge < -0.3 is 15.5 Å². The molecule has 12 heteroatoms. The molecule has 2 aromatic rings. The highest BCUT2D eigenvalue weighted by molar-refractivity contribution is 7.88. The normalized spacial score (nSPS) is 14.0. The minimum atomic E-state index is -4.28. The van der Waals surface area contributed by atoms with Crippen molar-refractivity contribution < 1.29 is 27.2 Å². The predicted molar refractivity (Wildman–Crippen MR) is 165 cm³/mol. The van der Waals surface area contributed by atoms with Gasteiger partial charge in [0.25, 0.3) is 5.91 Å². The number of halogens is 1. The van der Waals surface area contributed by atoms with E-state index < -0.39 is 44.8 Å². The highest BCUT2D eigenvalue weighted by Gasteiger charge is 2.40. The first-order valence-corrected chi connectivity index (χ1v) is 15.4. The minimum absolute atomic E-state index is 0.0196. The number of rotatable bonds is 13. The van der Waals surface area contributed by atoms with Crippen LogP contribution in [0.5, 0.6) is 0 Å². The monoisotopic (exact) mass is 617 g/mol. The zero-order valence-electron chi connectivity index (χ0n) is 26.1. The third-order valence-electron chi connectivity index (χ3n) is 7.23. The summed E-state index contributed by atoms with van der Waals surface area (Å²) < 4.78 is 42.4. The van der Waals surface area contributed by atoms with E-state index in [1.54, 1.807) is 13.1 Å². The zero-order chi connectivity index (χ0) is 32.6. The maximum atomic E-state index is 13.8. The Hall–Kier alpha value is -3.61. The SMILES string of the molecule is CN[C@H](C(=O)NC(C(=O)N(C)C/C=C(\C)C(=O)NS(=O)(=O)NCc1ccccc1F)C(C)(C)C)C(C)(C)c1ccccc1. The smallest absolute Gasteiger partial charge is 0.301 e. The van der Waals surface area contributed by atoms with E-state index >= 15 is 0 Å². The van der Waals surface area contributed by atoms with Gasteiger partial charge in [0.05, 0.1) is 6.04 Å². The fourth-order valence-corrected chi connectivity index (χ4v) is 5.28. The molecule has 2 aromatic carbocycles. The summed E-state index contributed by atoms with van der Waals surface area (Å²) in [5.74, 6) is -2.19. The molecule has 0 aromatic heterocycles. The molecule has 2 atom stereocenters. The van der Waals surface area contributed by atoms with Crippen molar-refractivity contribution in [1.29, 1.82) is 0 Å². The van der Waals surface area contributed by atoms with Gasteiger partial charge >= 0.3 is 10.2 Å². The summed E-state index contributed by atoms with van der Waals surface area (Å²) in [5.41, 5.74) is -0.104. The Kier molecular flexibility index (Phi) is 12.2. The van der Waals surface area contributed by atoms with E-state index in [9.17, 15) is 27.2 Å². The van der Waals surface area contributed by atoms with Crippen LogP contribution in [0.15, 0.2) is 66.2 Å². The third kappa shape index (κ3) is 9.97. The number of hydrogen-bond acceptors (Lipinski definition) is 6. The molecule has 0 heterocycles. The van der Waals surface area contributed by atoms with Gasteiger partial charge in [-0.15, -0.1) is 0 Å². The van der Waals surface area contributed by atoms with Crippen LogP contribution < -0.4 is 20.1 Å². The standard InChI is InChI=1S/C31H44FN5O5S/c1-21(27(38)36-43(41,42)34-20-22-14-12-13-17-24(22)32)18-19-37(8)29(40)26(30(2,3)4)35-28(39)25(33-7)31(5,6)23-15-10-9-11-16-23/h9-18,25-26,33-34H,19-20H2,1-8H3,(H,35,39)(H,36,38)/b21-18+/t25-,26?/m1/s1. The fraction of sp³-hybridized carbons (Fsp3) is 0.452. The lowest BCUT2D eigenvalue weighted by Crippen LogP contribution is -2.60. The van der Waals surface area contributed by atoms with Crippen LogP contribution in [0.4, 0.5) is 4.39 Å². The van der Waals surface area contributed by atoms with E-state index in [2.05, 4.69) is 15.4 Å². The summed E-state index contributed by atoms with van der Waals surface area (Å²) in [5, 5.41) is 6.02. The van der Waals surface area contributed by atoms with Gasteiger partial charge in [-0.1, -0.05) is 89.2 Å². The number of nitrogens with zero attached hydrogens (tertiary/aromatic N) is 1. The minimum Gasteiger partial charge on any atom is -0.342 e. The van der Waals surface area contributed by atoms with Crippen molar-refractivity contribution in [1.82, 2.24) is 25.0 Å². The molecule has 2 rings (SSSR count). The van der Waals surface area contributed by atoms with Crippen LogP contribution >= 0.6 is 0 Å². The van der Waals surface area contributed by atoms with Crippen LogP contribution in [0, 0.1) is 11.2 Å². The zero-order valence-corrected chi connectivity index (χ0v) is 26.9. The Labute approximate surface area is 254 Å². The quantitative estimate of drug-likeness (QED) is 0.255. The van der Waals surface area contributed by atoms with E-state index in [1.165, 1.54) is 43.1 Å². The molecule has 0 bridgehead atoms. The summed E-state index contributed by atoms with van der Waals surface area (Å²) in [7, 11) is -1.05. The second kappa shape index (κ2) is 14.7. The molecule has 0 saturated carbocycles. The van der Waals surface area contributed by atoms with Gasteiger partial charge in [-0.2, -0.15) is 13.1 Å². The lowest BCUT2D eigenvalue weighted by molar-refractivity contribution is -0.139. The van der Waals surface area contributed by atoms with Gasteiger partial charge in [-0.3, -0.25) is 14.4 Å². The molecule has 236 valence electrons. The molecule has 0 aliphatic carbocycles. The maximum Gasteiger partial charge on any atom is 0.301 e. The van der Waals surface area contributed by atoms with E-state index in [4.69, 9.17) is 0 Å². The molecule has 0 radical (unpaired) electrons. The molecule has 0 aliphatic rings. The van der Waals surface area contributed by atoms with Crippen LogP contribution in [0.3, 0.4) is 0 Å². The van der Waals surface area contributed by atoms with Gasteiger partial charge in [-0.05, 0) is 31.0 Å². The molecular formula is C31H44FN5O5S. The van der Waals surface area contributed by atoms with Crippen LogP contribution in [0.25, 0.3) is 0 Å². The predicted octanol–water partition coefficient (Wildman–Crippen LogP) is 2.78. The number of carbonyl (C=O) groups is 3. The number of hydrogen-bond donors (Lipinski definition) is 4. The summed E-state index contributed by atoms with van der Waals surface area (Å²) in [6.45, 7) is 10.5. The number of amides is 3. The second-order valence-electron chi connectivity index (χ2n) is 12.1. The number of benzene rings is 2. The molecule has 0 spiro atoms. The van der Waals surface area contributed by atoms with Gasteiger partial charge in [0.15, 0.2) is 0 Å². The number of likely N-dealkylation sites (N-methyl/N-ethyl adjacent to an activating group) is 2. The highest BCUT2D eigenvalue weighted by atomic mass is 32.2. The van der Waals surface area contributed by atoms with Crippen molar-refractivity contribution in [2.45, 2.75) is 65.6 Å². The Bertz CT molecular complexity index is 1420. The Balaban J connectivity index is 2.09. The first-order chi connectivity index (χ1) is 19.9. The summed E-state index contributed by atoms with van der Waals surface area (Å²) in [6.07, 6.45) is 1.41. The Morgan fingerprint density at radius 2 is 1.53 bits per heavy atom. The van der Waals surface area contributed by atoms with Gasteiger partial charge in [0.2, 0.25) is 11.8 Å². The molecule has 4 N–H and O–H groups in total. The van der Waals surface area contributed by atoms with Crippen molar-refractivity contribution in [3.05, 3.63) is 83.2 Å². The summed E-state index contributed by atoms with van der Waals surface area (Å²) >= 11 is 0. The summed E-state index contributed by atoms with van der Waals surface area (Å²) in [6, 6.07) is 13.8. The third-order valence-corrected chi connectivity index (χ3v) is 8.21. The highest BCUT2D eigenvalue weighted by Crippen LogP contribution is 2.28. The van der Waals surface area contributed by atoms with Crippen molar-refractivity contribution in [2.75, 3.05) is 20.6 Å². The number of nitrogens with one attached hydrogen (secondary N) is 4. The van der Waals surface area contributed by atoms with Crippen molar-refractivity contribution >= 4 is 27.9 Å². The Morgan fingerprint density at radius 3 is 2.09 bits per heavy atom. The van der Waals surface area contributed by atoms with E-state index in [1.807, 2.05) is 69.7 Å². The lowest BCUT2D eigenvalue weighted by atomic mass is 9.76. The van der Waals surface area contributed by atoms with Crippen LogP contribution in [-0.2, 0) is 36.6 Å². The Morgan fingerprint density at radius 1 is 0.953 bits per heavy atom. The van der Waals surface area contributed by atoms with Crippen LogP contribution in [0.1, 0.15) is 52.7 Å². The first kappa shape index (κ1) is 35.6. The average Bonchev–Trinajstić information content (AvgIpc) is 2.93. The molecule has 1 unspecified atom stereocenters. The van der Waals surface area contributed by atoms with Gasteiger partial charge in [-0.25, -0.2) is 9.11 Å². The summed E-state index contributed by atoms with van der Waals surface area (Å²) in [4.78, 5) is 41.0. The van der Waals surface area contributed by atoms with Gasteiger partial charge in [0, 0.05) is 36.7 Å². The van der Waals surface area contributed by atoms with E-state index in [0.29, 0.717) is 0 Å². The molecule has 3 amide bonds. The van der Waals surface area contributed by atoms with E-state index in [0.717, 1.165) is 5.56 Å². The van der Waals surface area contributed by atoms with E-state index in [-0.39, 0.29) is 36.0 Å². The largest absolute Gasteiger partial charge is 0.342 e. The van der Waals surface area contributed by atoms with Crippen LogP contribution in [-0.4, -0.2) is 63.8 Å². The number of carbonyl (C=O) groups excluding carboxylic acids is 3. The van der Waals surface area contributed by atoms with Crippen molar-refractivity contribution in [2.24, 2.45) is 5.41 Å². The average molecular weight is 618 g/mol. The molecule has 0 aliphatic heterocycles. The molecule has 0 saturated heterocycles. The molecule has 43 heavy (non-hydrogen) atoms. The molecule has 10 nitrogen and oxygen atoms in total. The second-order valence-corrected chi connectivity index (χ2v) is 13.6. The van der Waals surface area contributed by atoms with Crippen molar-refractivity contribution in [3.8, 4) is 0 Å². The molecule has 0 fully saturated rings. The van der Waals surface area contributed by atoms with Gasteiger partial charge in [0.1, 0.15) is 11.9 Å². The lowest BCUT2D eigenvalue weighted by Gasteiger charge is -2.38. The van der Waals surface area contributed by atoms with Crippen molar-refractivity contribution in [3.63, 3.8) is 0 Å². The maximum absolute atomic E-state index is 13.8. The topological polar surface area (TPSA) is 137 Å².